The van der Waals surface area contributed by atoms with Crippen molar-refractivity contribution in [3.8, 4) is 5.75 Å². The van der Waals surface area contributed by atoms with E-state index >= 15 is 0 Å². The number of ketones is 1. The molecule has 1 aromatic rings. The van der Waals surface area contributed by atoms with Crippen molar-refractivity contribution in [2.75, 3.05) is 20.3 Å². The summed E-state index contributed by atoms with van der Waals surface area (Å²) in [6.07, 6.45) is 1.64. The lowest BCUT2D eigenvalue weighted by molar-refractivity contribution is 0.0545. The van der Waals surface area contributed by atoms with Crippen molar-refractivity contribution in [1.29, 1.82) is 0 Å². The van der Waals surface area contributed by atoms with Gasteiger partial charge in [0.05, 0.1) is 11.6 Å². The lowest BCUT2D eigenvalue weighted by atomic mass is 9.91. The molecule has 92 valence electrons. The molecular weight excluding hydrogens is 284 g/mol. The second kappa shape index (κ2) is 5.65. The van der Waals surface area contributed by atoms with Gasteiger partial charge in [-0.25, -0.2) is 0 Å². The van der Waals surface area contributed by atoms with Crippen molar-refractivity contribution in [2.24, 2.45) is 5.92 Å². The Kier molecular flexibility index (Phi) is 4.18. The fraction of sp³-hybridized carbons (Fsp3) is 0.462. The third kappa shape index (κ3) is 2.87. The number of hydrogen-bond donors (Lipinski definition) is 0. The van der Waals surface area contributed by atoms with Crippen molar-refractivity contribution >= 4 is 21.7 Å². The Labute approximate surface area is 109 Å². The van der Waals surface area contributed by atoms with Gasteiger partial charge >= 0.3 is 0 Å². The highest BCUT2D eigenvalue weighted by atomic mass is 79.9. The van der Waals surface area contributed by atoms with Crippen molar-refractivity contribution in [1.82, 2.24) is 0 Å². The van der Waals surface area contributed by atoms with Crippen LogP contribution in [-0.4, -0.2) is 26.1 Å². The van der Waals surface area contributed by atoms with Crippen LogP contribution in [0.2, 0.25) is 0 Å². The molecule has 0 unspecified atom stereocenters. The molecule has 2 rings (SSSR count). The lowest BCUT2D eigenvalue weighted by Gasteiger charge is -2.21. The average molecular weight is 299 g/mol. The Morgan fingerprint density at radius 1 is 1.41 bits per heavy atom. The number of hydrogen-bond acceptors (Lipinski definition) is 3. The van der Waals surface area contributed by atoms with E-state index in [4.69, 9.17) is 9.47 Å². The van der Waals surface area contributed by atoms with Crippen molar-refractivity contribution in [3.63, 3.8) is 0 Å². The number of benzene rings is 1. The summed E-state index contributed by atoms with van der Waals surface area (Å²) >= 11 is 3.40. The summed E-state index contributed by atoms with van der Waals surface area (Å²) in [4.78, 5) is 12.2. The van der Waals surface area contributed by atoms with Crippen LogP contribution in [0.15, 0.2) is 22.7 Å². The Morgan fingerprint density at radius 3 is 2.71 bits per heavy atom. The number of halogens is 1. The smallest absolute Gasteiger partial charge is 0.166 e. The highest BCUT2D eigenvalue weighted by molar-refractivity contribution is 9.10. The molecule has 1 saturated heterocycles. The van der Waals surface area contributed by atoms with Crippen LogP contribution in [0.1, 0.15) is 23.2 Å². The van der Waals surface area contributed by atoms with Gasteiger partial charge in [-0.3, -0.25) is 4.79 Å². The third-order valence-electron chi connectivity index (χ3n) is 3.03. The van der Waals surface area contributed by atoms with Gasteiger partial charge in [0.1, 0.15) is 5.75 Å². The zero-order valence-electron chi connectivity index (χ0n) is 9.74. The first-order valence-corrected chi connectivity index (χ1v) is 6.47. The van der Waals surface area contributed by atoms with Gasteiger partial charge in [0.15, 0.2) is 5.78 Å². The van der Waals surface area contributed by atoms with E-state index in [0.29, 0.717) is 13.2 Å². The topological polar surface area (TPSA) is 35.5 Å². The van der Waals surface area contributed by atoms with Crippen LogP contribution in [0.4, 0.5) is 0 Å². The van der Waals surface area contributed by atoms with Crippen LogP contribution in [0.5, 0.6) is 5.75 Å². The largest absolute Gasteiger partial charge is 0.496 e. The van der Waals surface area contributed by atoms with Crippen LogP contribution in [0.3, 0.4) is 0 Å². The van der Waals surface area contributed by atoms with E-state index in [1.54, 1.807) is 7.11 Å². The van der Waals surface area contributed by atoms with Gasteiger partial charge in [-0.2, -0.15) is 0 Å². The Balaban J connectivity index is 2.16. The Morgan fingerprint density at radius 2 is 2.12 bits per heavy atom. The normalized spacial score (nSPS) is 16.8. The Bertz CT molecular complexity index is 411. The fourth-order valence-corrected chi connectivity index (χ4v) is 2.56. The first-order chi connectivity index (χ1) is 8.22. The summed E-state index contributed by atoms with van der Waals surface area (Å²) in [5, 5.41) is 0. The molecule has 0 atom stereocenters. The van der Waals surface area contributed by atoms with E-state index < -0.39 is 0 Å². The van der Waals surface area contributed by atoms with Crippen LogP contribution in [0, 0.1) is 5.92 Å². The predicted octanol–water partition coefficient (Wildman–Crippen LogP) is 3.07. The van der Waals surface area contributed by atoms with E-state index in [1.807, 2.05) is 18.2 Å². The van der Waals surface area contributed by atoms with Crippen LogP contribution in [-0.2, 0) is 4.74 Å². The maximum Gasteiger partial charge on any atom is 0.166 e. The molecule has 1 aromatic carbocycles. The van der Waals surface area contributed by atoms with Crippen LogP contribution >= 0.6 is 15.9 Å². The standard InChI is InChI=1S/C13H15BrO3/c1-16-12-3-2-10(8-11(12)14)13(15)9-4-6-17-7-5-9/h2-3,8-9H,4-7H2,1H3. The number of ether oxygens (including phenoxy) is 2. The summed E-state index contributed by atoms with van der Waals surface area (Å²) in [6, 6.07) is 5.47. The molecule has 4 heteroatoms. The molecule has 1 aliphatic rings. The average Bonchev–Trinajstić information content (AvgIpc) is 2.39. The molecule has 0 spiro atoms. The zero-order chi connectivity index (χ0) is 12.3. The highest BCUT2D eigenvalue weighted by Crippen LogP contribution is 2.28. The van der Waals surface area contributed by atoms with E-state index in [1.165, 1.54) is 0 Å². The zero-order valence-corrected chi connectivity index (χ0v) is 11.3. The van der Waals surface area contributed by atoms with Gasteiger partial charge in [0.2, 0.25) is 0 Å². The second-order valence-corrected chi connectivity index (χ2v) is 4.95. The first kappa shape index (κ1) is 12.6. The molecule has 0 amide bonds. The maximum absolute atomic E-state index is 12.2. The van der Waals surface area contributed by atoms with Gasteiger partial charge in [0, 0.05) is 24.7 Å². The molecule has 0 bridgehead atoms. The molecule has 1 fully saturated rings. The maximum atomic E-state index is 12.2. The van der Waals surface area contributed by atoms with E-state index in [2.05, 4.69) is 15.9 Å². The van der Waals surface area contributed by atoms with Crippen LogP contribution < -0.4 is 4.74 Å². The van der Waals surface area contributed by atoms with E-state index in [0.717, 1.165) is 28.6 Å². The minimum Gasteiger partial charge on any atom is -0.496 e. The minimum absolute atomic E-state index is 0.101. The van der Waals surface area contributed by atoms with Crippen molar-refractivity contribution in [3.05, 3.63) is 28.2 Å². The van der Waals surface area contributed by atoms with Gasteiger partial charge < -0.3 is 9.47 Å². The van der Waals surface area contributed by atoms with Gasteiger partial charge in [-0.05, 0) is 47.0 Å². The number of methoxy groups -OCH3 is 1. The third-order valence-corrected chi connectivity index (χ3v) is 3.65. The molecule has 0 N–H and O–H groups in total. The lowest BCUT2D eigenvalue weighted by Crippen LogP contribution is -2.23. The monoisotopic (exact) mass is 298 g/mol. The molecular formula is C13H15BrO3. The molecule has 0 aliphatic carbocycles. The number of carbonyl (C=O) groups is 1. The van der Waals surface area contributed by atoms with Crippen LogP contribution in [0.25, 0.3) is 0 Å². The summed E-state index contributed by atoms with van der Waals surface area (Å²) in [5.41, 5.74) is 0.740. The summed E-state index contributed by atoms with van der Waals surface area (Å²) in [6.45, 7) is 1.38. The van der Waals surface area contributed by atoms with Gasteiger partial charge in [-0.15, -0.1) is 0 Å². The molecule has 0 aromatic heterocycles. The fourth-order valence-electron chi connectivity index (χ4n) is 2.02. The molecule has 0 radical (unpaired) electrons. The number of Topliss-reactive ketones (excluding diaryl/α,β-unsaturated/α-hetero) is 1. The van der Waals surface area contributed by atoms with E-state index in [9.17, 15) is 4.79 Å². The predicted molar refractivity (Wildman–Crippen MR) is 68.6 cm³/mol. The molecule has 1 heterocycles. The summed E-state index contributed by atoms with van der Waals surface area (Å²) in [7, 11) is 1.61. The minimum atomic E-state index is 0.101. The summed E-state index contributed by atoms with van der Waals surface area (Å²) < 4.78 is 11.2. The van der Waals surface area contributed by atoms with Crippen molar-refractivity contribution in [2.45, 2.75) is 12.8 Å². The second-order valence-electron chi connectivity index (χ2n) is 4.10. The summed E-state index contributed by atoms with van der Waals surface area (Å²) in [5.74, 6) is 1.05. The highest BCUT2D eigenvalue weighted by Gasteiger charge is 2.23. The quantitative estimate of drug-likeness (QED) is 0.805. The number of carbonyl (C=O) groups excluding carboxylic acids is 1. The van der Waals surface area contributed by atoms with Crippen molar-refractivity contribution < 1.29 is 14.3 Å². The number of rotatable bonds is 3. The van der Waals surface area contributed by atoms with E-state index in [-0.39, 0.29) is 11.7 Å². The molecule has 17 heavy (non-hydrogen) atoms. The molecule has 1 aliphatic heterocycles. The molecule has 0 saturated carbocycles. The Hall–Kier alpha value is -0.870. The first-order valence-electron chi connectivity index (χ1n) is 5.68. The van der Waals surface area contributed by atoms with Gasteiger partial charge in [-0.1, -0.05) is 0 Å². The van der Waals surface area contributed by atoms with Gasteiger partial charge in [0.25, 0.3) is 0 Å². The SMILES string of the molecule is COc1ccc(C(=O)C2CCOCC2)cc1Br. The molecule has 3 nitrogen and oxygen atoms in total.